The summed E-state index contributed by atoms with van der Waals surface area (Å²) in [6, 6.07) is 4.94. The Labute approximate surface area is 103 Å². The first kappa shape index (κ1) is 12.2. The lowest BCUT2D eigenvalue weighted by Crippen LogP contribution is -2.36. The van der Waals surface area contributed by atoms with Crippen LogP contribution in [0.15, 0.2) is 24.3 Å². The lowest BCUT2D eigenvalue weighted by atomic mass is 10.1. The first-order valence-electron chi connectivity index (χ1n) is 5.34. The largest absolute Gasteiger partial charge is 0.327 e. The second kappa shape index (κ2) is 4.56. The van der Waals surface area contributed by atoms with Crippen molar-refractivity contribution in [2.75, 3.05) is 20.1 Å². The standard InChI is InChI=1S/C12H11FN2O3/c1-14-7-11(17)15(12(14)18)6-10(16)8-4-2-3-5-9(8)13/h2-5H,6-7H2,1H3. The summed E-state index contributed by atoms with van der Waals surface area (Å²) in [7, 11) is 1.47. The van der Waals surface area contributed by atoms with Crippen molar-refractivity contribution in [2.45, 2.75) is 0 Å². The van der Waals surface area contributed by atoms with Crippen LogP contribution < -0.4 is 0 Å². The molecule has 5 nitrogen and oxygen atoms in total. The number of benzene rings is 1. The van der Waals surface area contributed by atoms with Crippen LogP contribution in [0.2, 0.25) is 0 Å². The van der Waals surface area contributed by atoms with Crippen LogP contribution in [0.3, 0.4) is 0 Å². The maximum atomic E-state index is 13.4. The van der Waals surface area contributed by atoms with Crippen molar-refractivity contribution in [3.8, 4) is 0 Å². The molecule has 1 saturated heterocycles. The van der Waals surface area contributed by atoms with E-state index < -0.39 is 30.1 Å². The van der Waals surface area contributed by atoms with Crippen LogP contribution >= 0.6 is 0 Å². The topological polar surface area (TPSA) is 57.7 Å². The fraction of sp³-hybridized carbons (Fsp3) is 0.250. The summed E-state index contributed by atoms with van der Waals surface area (Å²) < 4.78 is 13.4. The Morgan fingerprint density at radius 3 is 2.56 bits per heavy atom. The van der Waals surface area contributed by atoms with Gasteiger partial charge in [0.15, 0.2) is 5.78 Å². The maximum absolute atomic E-state index is 13.4. The van der Waals surface area contributed by atoms with Crippen molar-refractivity contribution >= 4 is 17.7 Å². The van der Waals surface area contributed by atoms with Gasteiger partial charge in [-0.15, -0.1) is 0 Å². The molecule has 1 fully saturated rings. The van der Waals surface area contributed by atoms with Crippen LogP contribution in [0, 0.1) is 5.82 Å². The second-order valence-corrected chi connectivity index (χ2v) is 4.02. The zero-order valence-corrected chi connectivity index (χ0v) is 9.72. The summed E-state index contributed by atoms with van der Waals surface area (Å²) in [5.41, 5.74) is -0.118. The van der Waals surface area contributed by atoms with Crippen molar-refractivity contribution < 1.29 is 18.8 Å². The van der Waals surface area contributed by atoms with E-state index in [9.17, 15) is 18.8 Å². The molecular formula is C12H11FN2O3. The van der Waals surface area contributed by atoms with E-state index in [0.29, 0.717) is 0 Å². The van der Waals surface area contributed by atoms with Gasteiger partial charge in [0, 0.05) is 7.05 Å². The van der Waals surface area contributed by atoms with Gasteiger partial charge in [-0.3, -0.25) is 14.5 Å². The van der Waals surface area contributed by atoms with E-state index >= 15 is 0 Å². The summed E-state index contributed by atoms with van der Waals surface area (Å²) in [6.45, 7) is -0.480. The number of halogens is 1. The predicted molar refractivity (Wildman–Crippen MR) is 60.5 cm³/mol. The molecule has 18 heavy (non-hydrogen) atoms. The summed E-state index contributed by atoms with van der Waals surface area (Å²) in [6.07, 6.45) is 0. The molecule has 0 radical (unpaired) electrons. The van der Waals surface area contributed by atoms with Crippen LogP contribution in [-0.2, 0) is 4.79 Å². The molecule has 0 aromatic heterocycles. The second-order valence-electron chi connectivity index (χ2n) is 4.02. The Morgan fingerprint density at radius 1 is 1.33 bits per heavy atom. The average Bonchev–Trinajstić information content (AvgIpc) is 2.56. The Hall–Kier alpha value is -2.24. The molecular weight excluding hydrogens is 239 g/mol. The van der Waals surface area contributed by atoms with Gasteiger partial charge in [0.1, 0.15) is 12.4 Å². The summed E-state index contributed by atoms with van der Waals surface area (Å²) in [5.74, 6) is -1.70. The van der Waals surface area contributed by atoms with E-state index in [1.54, 1.807) is 0 Å². The number of rotatable bonds is 3. The summed E-state index contributed by atoms with van der Waals surface area (Å²) >= 11 is 0. The van der Waals surface area contributed by atoms with Crippen molar-refractivity contribution in [2.24, 2.45) is 0 Å². The van der Waals surface area contributed by atoms with Crippen molar-refractivity contribution in [3.63, 3.8) is 0 Å². The number of hydrogen-bond acceptors (Lipinski definition) is 3. The summed E-state index contributed by atoms with van der Waals surface area (Å²) in [5, 5.41) is 0. The minimum absolute atomic E-state index is 0.0522. The Balaban J connectivity index is 2.16. The number of likely N-dealkylation sites (N-methyl/N-ethyl adjacent to an activating group) is 1. The van der Waals surface area contributed by atoms with Crippen molar-refractivity contribution in [1.82, 2.24) is 9.80 Å². The monoisotopic (exact) mass is 250 g/mol. The SMILES string of the molecule is CN1CC(=O)N(CC(=O)c2ccccc2F)C1=O. The van der Waals surface area contributed by atoms with Gasteiger partial charge in [0.25, 0.3) is 5.91 Å². The molecule has 0 saturated carbocycles. The third-order valence-corrected chi connectivity index (χ3v) is 2.71. The predicted octanol–water partition coefficient (Wildman–Crippen LogP) is 0.902. The average molecular weight is 250 g/mol. The third-order valence-electron chi connectivity index (χ3n) is 2.71. The highest BCUT2D eigenvalue weighted by Crippen LogP contribution is 2.12. The highest BCUT2D eigenvalue weighted by molar-refractivity contribution is 6.07. The quantitative estimate of drug-likeness (QED) is 0.591. The Bertz CT molecular complexity index is 530. The van der Waals surface area contributed by atoms with Crippen LogP contribution in [0.1, 0.15) is 10.4 Å². The molecule has 1 aromatic rings. The zero-order chi connectivity index (χ0) is 13.3. The first-order chi connectivity index (χ1) is 8.50. The molecule has 0 atom stereocenters. The Morgan fingerprint density at radius 2 is 2.00 bits per heavy atom. The maximum Gasteiger partial charge on any atom is 0.327 e. The number of Topliss-reactive ketones (excluding diaryl/α,β-unsaturated/α-hetero) is 1. The molecule has 0 spiro atoms. The molecule has 1 aliphatic heterocycles. The van der Waals surface area contributed by atoms with Gasteiger partial charge in [-0.1, -0.05) is 12.1 Å². The molecule has 3 amide bonds. The van der Waals surface area contributed by atoms with E-state index in [2.05, 4.69) is 0 Å². The molecule has 1 aromatic carbocycles. The van der Waals surface area contributed by atoms with Crippen LogP contribution in [0.4, 0.5) is 9.18 Å². The van der Waals surface area contributed by atoms with E-state index in [-0.39, 0.29) is 12.1 Å². The fourth-order valence-electron chi connectivity index (χ4n) is 1.74. The van der Waals surface area contributed by atoms with Gasteiger partial charge in [-0.25, -0.2) is 9.18 Å². The van der Waals surface area contributed by atoms with Gasteiger partial charge >= 0.3 is 6.03 Å². The summed E-state index contributed by atoms with van der Waals surface area (Å²) in [4.78, 5) is 36.9. The number of nitrogens with zero attached hydrogens (tertiary/aromatic N) is 2. The number of hydrogen-bond donors (Lipinski definition) is 0. The lowest BCUT2D eigenvalue weighted by molar-refractivity contribution is -0.125. The molecule has 94 valence electrons. The number of amides is 3. The Kier molecular flexibility index (Phi) is 3.10. The molecule has 6 heteroatoms. The first-order valence-corrected chi connectivity index (χ1v) is 5.34. The highest BCUT2D eigenvalue weighted by Gasteiger charge is 2.35. The van der Waals surface area contributed by atoms with Gasteiger partial charge in [0.05, 0.1) is 12.1 Å². The number of urea groups is 1. The van der Waals surface area contributed by atoms with E-state index in [4.69, 9.17) is 0 Å². The van der Waals surface area contributed by atoms with Gasteiger partial charge < -0.3 is 4.90 Å². The molecule has 0 unspecified atom stereocenters. The van der Waals surface area contributed by atoms with Gasteiger partial charge in [0.2, 0.25) is 0 Å². The molecule has 0 bridgehead atoms. The van der Waals surface area contributed by atoms with E-state index in [1.807, 2.05) is 0 Å². The van der Waals surface area contributed by atoms with Crippen molar-refractivity contribution in [3.05, 3.63) is 35.6 Å². The van der Waals surface area contributed by atoms with Crippen molar-refractivity contribution in [1.29, 1.82) is 0 Å². The van der Waals surface area contributed by atoms with E-state index in [1.165, 1.54) is 30.1 Å². The number of ketones is 1. The van der Waals surface area contributed by atoms with Crippen LogP contribution in [0.5, 0.6) is 0 Å². The molecule has 2 rings (SSSR count). The number of imide groups is 1. The molecule has 1 aliphatic rings. The fourth-order valence-corrected chi connectivity index (χ4v) is 1.74. The van der Waals surface area contributed by atoms with Crippen LogP contribution in [0.25, 0.3) is 0 Å². The number of carbonyl (C=O) groups excluding carboxylic acids is 3. The van der Waals surface area contributed by atoms with Gasteiger partial charge in [-0.05, 0) is 12.1 Å². The zero-order valence-electron chi connectivity index (χ0n) is 9.72. The minimum Gasteiger partial charge on any atom is -0.318 e. The smallest absolute Gasteiger partial charge is 0.318 e. The molecule has 0 N–H and O–H groups in total. The van der Waals surface area contributed by atoms with Crippen LogP contribution in [-0.4, -0.2) is 47.7 Å². The lowest BCUT2D eigenvalue weighted by Gasteiger charge is -2.13. The molecule has 1 heterocycles. The third kappa shape index (κ3) is 2.09. The normalized spacial score (nSPS) is 15.4. The number of carbonyl (C=O) groups is 3. The van der Waals surface area contributed by atoms with Gasteiger partial charge in [-0.2, -0.15) is 0 Å². The molecule has 0 aliphatic carbocycles. The highest BCUT2D eigenvalue weighted by atomic mass is 19.1. The van der Waals surface area contributed by atoms with E-state index in [0.717, 1.165) is 11.0 Å². The minimum atomic E-state index is -0.657.